The highest BCUT2D eigenvalue weighted by atomic mass is 35.5. The summed E-state index contributed by atoms with van der Waals surface area (Å²) < 4.78 is 14.0. The van der Waals surface area contributed by atoms with Crippen LogP contribution in [0.15, 0.2) is 42.5 Å². The highest BCUT2D eigenvalue weighted by Crippen LogP contribution is 2.31. The van der Waals surface area contributed by atoms with Crippen LogP contribution in [0.1, 0.15) is 23.7 Å². The smallest absolute Gasteiger partial charge is 0.323 e. The van der Waals surface area contributed by atoms with Gasteiger partial charge in [-0.3, -0.25) is 5.32 Å². The molecule has 1 aliphatic rings. The lowest BCUT2D eigenvalue weighted by Crippen LogP contribution is -2.37. The van der Waals surface area contributed by atoms with Crippen molar-refractivity contribution in [2.24, 2.45) is 0 Å². The van der Waals surface area contributed by atoms with Crippen LogP contribution >= 0.6 is 22.9 Å². The number of nitrogens with one attached hydrogen (secondary N) is 1. The zero-order chi connectivity index (χ0) is 21.3. The summed E-state index contributed by atoms with van der Waals surface area (Å²) in [5.41, 5.74) is 3.06. The van der Waals surface area contributed by atoms with Gasteiger partial charge in [0, 0.05) is 18.1 Å². The lowest BCUT2D eigenvalue weighted by Gasteiger charge is -2.27. The zero-order valence-corrected chi connectivity index (χ0v) is 17.4. The Morgan fingerprint density at radius 3 is 2.87 bits per heavy atom. The van der Waals surface area contributed by atoms with Crippen LogP contribution in [-0.4, -0.2) is 45.8 Å². The van der Waals surface area contributed by atoms with Crippen molar-refractivity contribution in [3.63, 3.8) is 0 Å². The van der Waals surface area contributed by atoms with Gasteiger partial charge in [0.05, 0.1) is 16.8 Å². The van der Waals surface area contributed by atoms with Gasteiger partial charge in [0.15, 0.2) is 5.13 Å². The molecule has 1 aliphatic heterocycles. The van der Waals surface area contributed by atoms with Gasteiger partial charge in [-0.15, -0.1) is 0 Å². The highest BCUT2D eigenvalue weighted by molar-refractivity contribution is 7.22. The first kappa shape index (κ1) is 20.7. The maximum atomic E-state index is 13.3. The van der Waals surface area contributed by atoms with Crippen molar-refractivity contribution >= 4 is 49.9 Å². The second kappa shape index (κ2) is 8.69. The number of nitrogens with zero attached hydrogens (tertiary/aromatic N) is 2. The molecule has 4 rings (SSSR count). The monoisotopic (exact) mass is 447 g/mol. The minimum atomic E-state index is -0.963. The Kier molecular flexibility index (Phi) is 6.01. The van der Waals surface area contributed by atoms with E-state index in [2.05, 4.69) is 10.3 Å². The van der Waals surface area contributed by atoms with Crippen molar-refractivity contribution < 1.29 is 19.4 Å². The fourth-order valence-electron chi connectivity index (χ4n) is 3.33. The van der Waals surface area contributed by atoms with Crippen molar-refractivity contribution in [1.29, 1.82) is 0 Å². The van der Waals surface area contributed by atoms with Gasteiger partial charge in [-0.1, -0.05) is 41.1 Å². The first-order valence-electron chi connectivity index (χ1n) is 9.34. The maximum Gasteiger partial charge on any atom is 0.323 e. The molecule has 2 amide bonds. The molecule has 0 spiro atoms. The molecule has 30 heavy (non-hydrogen) atoms. The molecule has 1 atom stereocenters. The van der Waals surface area contributed by atoms with Crippen LogP contribution in [0.25, 0.3) is 15.8 Å². The Morgan fingerprint density at radius 1 is 1.33 bits per heavy atom. The predicted octanol–water partition coefficient (Wildman–Crippen LogP) is 4.44. The van der Waals surface area contributed by atoms with Crippen molar-refractivity contribution in [1.82, 2.24) is 9.88 Å². The molecule has 156 valence electrons. The van der Waals surface area contributed by atoms with E-state index in [9.17, 15) is 14.3 Å². The normalized spacial score (nSPS) is 15.2. The number of fused-ring (bicyclic) bond motifs is 1. The molecule has 0 bridgehead atoms. The van der Waals surface area contributed by atoms with Crippen LogP contribution in [0.3, 0.4) is 0 Å². The van der Waals surface area contributed by atoms with E-state index in [0.717, 1.165) is 11.1 Å². The first-order chi connectivity index (χ1) is 14.4. The summed E-state index contributed by atoms with van der Waals surface area (Å²) in [6.45, 7) is 0.554. The van der Waals surface area contributed by atoms with E-state index in [1.54, 1.807) is 23.1 Å². The van der Waals surface area contributed by atoms with E-state index < -0.39 is 6.10 Å². The molecule has 3 N–H and O–H groups in total. The van der Waals surface area contributed by atoms with Gasteiger partial charge >= 0.3 is 6.03 Å². The van der Waals surface area contributed by atoms with Gasteiger partial charge in [-0.2, -0.15) is 0 Å². The summed E-state index contributed by atoms with van der Waals surface area (Å²) in [6, 6.07) is 9.25. The standard InChI is InChI=1S/C21H19ClFN3O3S/c22-16-9-13(18(28)11-27)1-3-15(16)12-5-7-26(8-6-12)21(29)25-20-24-17-4-2-14(23)10-19(17)30-20/h1-5,9-10,18,27-28H,6-8,11H2,(H,24,25,29)/t18-/m1/s1. The number of amides is 2. The number of rotatable bonds is 4. The molecule has 0 unspecified atom stereocenters. The molecule has 3 aromatic rings. The molecule has 0 saturated heterocycles. The first-order valence-corrected chi connectivity index (χ1v) is 10.5. The second-order valence-corrected chi connectivity index (χ2v) is 8.36. The Balaban J connectivity index is 1.43. The number of hydrogen-bond donors (Lipinski definition) is 3. The molecule has 6 nitrogen and oxygen atoms in total. The van der Waals surface area contributed by atoms with Gasteiger partial charge < -0.3 is 15.1 Å². The van der Waals surface area contributed by atoms with E-state index in [0.29, 0.717) is 45.4 Å². The Bertz CT molecular complexity index is 1130. The van der Waals surface area contributed by atoms with E-state index in [1.807, 2.05) is 12.1 Å². The third kappa shape index (κ3) is 4.32. The van der Waals surface area contributed by atoms with Gasteiger partial charge in [0.2, 0.25) is 0 Å². The Labute approximate surface area is 181 Å². The summed E-state index contributed by atoms with van der Waals surface area (Å²) in [4.78, 5) is 18.5. The average Bonchev–Trinajstić information content (AvgIpc) is 3.14. The van der Waals surface area contributed by atoms with Crippen LogP contribution in [0.4, 0.5) is 14.3 Å². The molecule has 1 aromatic heterocycles. The summed E-state index contributed by atoms with van der Waals surface area (Å²) in [7, 11) is 0. The predicted molar refractivity (Wildman–Crippen MR) is 116 cm³/mol. The van der Waals surface area contributed by atoms with Gasteiger partial charge in [0.25, 0.3) is 0 Å². The number of benzene rings is 2. The van der Waals surface area contributed by atoms with Gasteiger partial charge in [-0.25, -0.2) is 14.2 Å². The van der Waals surface area contributed by atoms with Crippen LogP contribution in [0.2, 0.25) is 5.02 Å². The number of aliphatic hydroxyl groups excluding tert-OH is 2. The molecule has 0 saturated carbocycles. The summed E-state index contributed by atoms with van der Waals surface area (Å²) >= 11 is 7.59. The number of urea groups is 1. The number of anilines is 1. The molecular weight excluding hydrogens is 429 g/mol. The average molecular weight is 448 g/mol. The lowest BCUT2D eigenvalue weighted by molar-refractivity contribution is 0.0956. The minimum Gasteiger partial charge on any atom is -0.393 e. The molecular formula is C21H19ClFN3O3S. The van der Waals surface area contributed by atoms with Crippen LogP contribution in [0.5, 0.6) is 0 Å². The largest absolute Gasteiger partial charge is 0.393 e. The Morgan fingerprint density at radius 2 is 2.17 bits per heavy atom. The fraction of sp³-hybridized carbons (Fsp3) is 0.238. The molecule has 0 aliphatic carbocycles. The molecule has 2 aromatic carbocycles. The quantitative estimate of drug-likeness (QED) is 0.552. The lowest BCUT2D eigenvalue weighted by atomic mass is 9.97. The third-order valence-corrected chi connectivity index (χ3v) is 6.20. The molecule has 0 radical (unpaired) electrons. The summed E-state index contributed by atoms with van der Waals surface area (Å²) in [5, 5.41) is 22.5. The molecule has 9 heteroatoms. The second-order valence-electron chi connectivity index (χ2n) is 6.92. The number of thiazole rings is 1. The number of aromatic nitrogens is 1. The van der Waals surface area contributed by atoms with Crippen LogP contribution in [0, 0.1) is 5.82 Å². The Hall–Kier alpha value is -2.52. The number of carbonyl (C=O) groups excluding carboxylic acids is 1. The summed E-state index contributed by atoms with van der Waals surface area (Å²) in [5.74, 6) is -0.338. The number of halogens is 2. The van der Waals surface area contributed by atoms with Crippen LogP contribution < -0.4 is 5.32 Å². The van der Waals surface area contributed by atoms with Crippen LogP contribution in [-0.2, 0) is 0 Å². The van der Waals surface area contributed by atoms with E-state index in [-0.39, 0.29) is 18.5 Å². The minimum absolute atomic E-state index is 0.266. The third-order valence-electron chi connectivity index (χ3n) is 4.96. The van der Waals surface area contributed by atoms with Gasteiger partial charge in [-0.05, 0) is 47.4 Å². The van der Waals surface area contributed by atoms with Crippen molar-refractivity contribution in [2.45, 2.75) is 12.5 Å². The molecule has 0 fully saturated rings. The van der Waals surface area contributed by atoms with E-state index >= 15 is 0 Å². The number of hydrogen-bond acceptors (Lipinski definition) is 5. The highest BCUT2D eigenvalue weighted by Gasteiger charge is 2.20. The van der Waals surface area contributed by atoms with E-state index in [1.165, 1.54) is 23.5 Å². The summed E-state index contributed by atoms with van der Waals surface area (Å²) in [6.07, 6.45) is 1.61. The van der Waals surface area contributed by atoms with Gasteiger partial charge in [0.1, 0.15) is 11.9 Å². The molecule has 2 heterocycles. The van der Waals surface area contributed by atoms with Crippen molar-refractivity contribution in [3.05, 3.63) is 64.4 Å². The fourth-order valence-corrected chi connectivity index (χ4v) is 4.52. The zero-order valence-electron chi connectivity index (χ0n) is 15.8. The van der Waals surface area contributed by atoms with Crippen molar-refractivity contribution in [2.75, 3.05) is 25.0 Å². The van der Waals surface area contributed by atoms with E-state index in [4.69, 9.17) is 16.7 Å². The SMILES string of the molecule is O=C(Nc1nc2ccc(F)cc2s1)N1CC=C(c2ccc([C@H](O)CO)cc2Cl)CC1. The maximum absolute atomic E-state index is 13.3. The topological polar surface area (TPSA) is 85.7 Å². The number of aliphatic hydroxyl groups is 2. The number of carbonyl (C=O) groups is 1. The van der Waals surface area contributed by atoms with Crippen molar-refractivity contribution in [3.8, 4) is 0 Å².